The van der Waals surface area contributed by atoms with Crippen LogP contribution in [-0.2, 0) is 19.6 Å². The number of methoxy groups -OCH3 is 4. The van der Waals surface area contributed by atoms with Gasteiger partial charge in [-0.15, -0.1) is 0 Å². The van der Waals surface area contributed by atoms with Crippen LogP contribution in [0.5, 0.6) is 23.0 Å². The first-order valence-corrected chi connectivity index (χ1v) is 32.7. The summed E-state index contributed by atoms with van der Waals surface area (Å²) in [7, 11) is 13.6. The molecule has 0 aliphatic heterocycles. The second kappa shape index (κ2) is 34.3. The number of fused-ring (bicyclic) bond motifs is 1. The van der Waals surface area contributed by atoms with Crippen LogP contribution < -0.4 is 78.7 Å². The number of aromatic amines is 1. The van der Waals surface area contributed by atoms with Crippen molar-refractivity contribution in [2.45, 2.75) is 54.3 Å². The molecule has 13 aromatic rings. The summed E-state index contributed by atoms with van der Waals surface area (Å²) in [6.07, 6.45) is 14.4. The fraction of sp³-hybridized carbons (Fsp3) is 0.222. The largest absolute Gasteiger partial charge is 0.496 e. The highest BCUT2D eigenvalue weighted by Gasteiger charge is 2.20. The lowest BCUT2D eigenvalue weighted by Gasteiger charge is -2.14. The van der Waals surface area contributed by atoms with Gasteiger partial charge in [0.15, 0.2) is 5.82 Å². The highest BCUT2D eigenvalue weighted by Crippen LogP contribution is 2.36. The quantitative estimate of drug-likeness (QED) is 0.0283. The second-order valence-electron chi connectivity index (χ2n) is 23.1. The highest BCUT2D eigenvalue weighted by molar-refractivity contribution is 5.87. The molecule has 4 aromatic carbocycles. The predicted octanol–water partition coefficient (Wildman–Crippen LogP) is 11.2. The van der Waals surface area contributed by atoms with Crippen molar-refractivity contribution in [2.24, 2.45) is 17.2 Å². The zero-order chi connectivity index (χ0) is 74.0. The van der Waals surface area contributed by atoms with Crippen LogP contribution in [0.15, 0.2) is 147 Å². The van der Waals surface area contributed by atoms with Gasteiger partial charge in [0.2, 0.25) is 23.8 Å². The first-order chi connectivity index (χ1) is 50.4. The van der Waals surface area contributed by atoms with Gasteiger partial charge < -0.3 is 83.7 Å². The van der Waals surface area contributed by atoms with Gasteiger partial charge in [0.25, 0.3) is 0 Å². The lowest BCUT2D eigenvalue weighted by atomic mass is 10.1. The van der Waals surface area contributed by atoms with E-state index in [1.165, 1.54) is 17.4 Å². The lowest BCUT2D eigenvalue weighted by molar-refractivity contribution is 0.407. The number of rotatable bonds is 23. The van der Waals surface area contributed by atoms with Crippen LogP contribution in [0.2, 0.25) is 0 Å². The van der Waals surface area contributed by atoms with E-state index in [0.29, 0.717) is 60.5 Å². The molecule has 0 saturated carbocycles. The number of nitrogens with one attached hydrogen (secondary N) is 9. The van der Waals surface area contributed by atoms with E-state index in [4.69, 9.17) is 36.1 Å². The minimum atomic E-state index is -0.535. The number of hydrogen-bond donors (Lipinski definition) is 12. The molecule has 0 radical (unpaired) electrons. The maximum Gasteiger partial charge on any atom is 0.229 e. The van der Waals surface area contributed by atoms with Crippen molar-refractivity contribution in [3.8, 4) is 51.3 Å². The number of hydrogen-bond acceptors (Lipinski definition) is 27. The molecule has 15 N–H and O–H groups in total. The van der Waals surface area contributed by atoms with Gasteiger partial charge in [-0.1, -0.05) is 0 Å². The van der Waals surface area contributed by atoms with Crippen LogP contribution in [0.25, 0.3) is 39.2 Å². The minimum Gasteiger partial charge on any atom is -0.496 e. The van der Waals surface area contributed by atoms with E-state index in [9.17, 15) is 0 Å². The highest BCUT2D eigenvalue weighted by atomic mass is 19.1. The maximum absolute atomic E-state index is 15.2. The number of pyridine rings is 1. The monoisotopic (exact) mass is 1410 g/mol. The van der Waals surface area contributed by atoms with Gasteiger partial charge in [-0.3, -0.25) is 4.98 Å². The van der Waals surface area contributed by atoms with Crippen LogP contribution in [-0.4, -0.2) is 136 Å². The molecule has 0 fully saturated rings. The number of halogens is 1. The SMILES string of the molecule is CNc1cc(C)nc(Nc2ccc(OC)c(-c3cc4[nH]cc(C)c4cn3)c2)n1.CNc1cc(C)nc(Nc2ccc(OC)c(-n3cc(CN)cn3)c2)n1.CNc1cc(C)nc(Nc2ccc(OC)c(-n3cc(CN)cn3)c2)n1.CNc1cc(C)nc(Nc2ccc(OC)c(-n3cc(CN)cn3)c2F)n1. The van der Waals surface area contributed by atoms with Gasteiger partial charge in [-0.25, -0.2) is 38.4 Å². The number of nitrogens with zero attached hydrogens (tertiary/aromatic N) is 15. The summed E-state index contributed by atoms with van der Waals surface area (Å²) in [4.78, 5) is 43.0. The van der Waals surface area contributed by atoms with E-state index in [1.54, 1.807) is 80.7 Å². The molecule has 0 aliphatic carbocycles. The predicted molar refractivity (Wildman–Crippen MR) is 405 cm³/mol. The summed E-state index contributed by atoms with van der Waals surface area (Å²) >= 11 is 0. The van der Waals surface area contributed by atoms with E-state index < -0.39 is 5.82 Å². The molecule has 0 saturated heterocycles. The molecule has 0 amide bonds. The number of anilines is 12. The number of aryl methyl sites for hydroxylation is 5. The molecule has 31 nitrogen and oxygen atoms in total. The summed E-state index contributed by atoms with van der Waals surface area (Å²) in [5, 5.41) is 38.6. The van der Waals surface area contributed by atoms with Crippen LogP contribution in [0.1, 0.15) is 45.0 Å². The third-order valence-electron chi connectivity index (χ3n) is 15.7. The summed E-state index contributed by atoms with van der Waals surface area (Å²) in [5.41, 5.74) is 31.4. The van der Waals surface area contributed by atoms with E-state index in [1.807, 2.05) is 152 Å². The Balaban J connectivity index is 0.000000149. The lowest BCUT2D eigenvalue weighted by Crippen LogP contribution is -2.07. The first kappa shape index (κ1) is 73.6. The van der Waals surface area contributed by atoms with Crippen LogP contribution in [0.3, 0.4) is 0 Å². The Labute approximate surface area is 600 Å². The zero-order valence-corrected chi connectivity index (χ0v) is 59.9. The molecular weight excluding hydrogens is 1330 g/mol. The Morgan fingerprint density at radius 1 is 0.433 bits per heavy atom. The van der Waals surface area contributed by atoms with Gasteiger partial charge in [0.05, 0.1) is 58.4 Å². The van der Waals surface area contributed by atoms with E-state index >= 15 is 4.39 Å². The minimum absolute atomic E-state index is 0.179. The van der Waals surface area contributed by atoms with Gasteiger partial charge in [-0.2, -0.15) is 35.2 Å². The Bertz CT molecular complexity index is 4930. The Morgan fingerprint density at radius 2 is 0.817 bits per heavy atom. The average molecular weight is 1410 g/mol. The third-order valence-corrected chi connectivity index (χ3v) is 15.7. The molecule has 32 heteroatoms. The van der Waals surface area contributed by atoms with Crippen LogP contribution in [0, 0.1) is 40.4 Å². The topological polar surface area (TPSA) is 396 Å². The van der Waals surface area contributed by atoms with Gasteiger partial charge in [0.1, 0.15) is 63.3 Å². The molecule has 9 aromatic heterocycles. The Morgan fingerprint density at radius 3 is 1.22 bits per heavy atom. The molecule has 0 atom stereocenters. The van der Waals surface area contributed by atoms with Crippen molar-refractivity contribution in [1.29, 1.82) is 0 Å². The van der Waals surface area contributed by atoms with Gasteiger partial charge in [0, 0.05) is 176 Å². The first-order valence-electron chi connectivity index (χ1n) is 32.7. The van der Waals surface area contributed by atoms with E-state index in [0.717, 1.165) is 113 Å². The Hall–Kier alpha value is -13.1. The van der Waals surface area contributed by atoms with Gasteiger partial charge >= 0.3 is 0 Å². The molecule has 0 unspecified atom stereocenters. The molecule has 0 bridgehead atoms. The molecule has 13 rings (SSSR count). The molecule has 0 aliphatic rings. The van der Waals surface area contributed by atoms with E-state index in [2.05, 4.69) is 115 Å². The Kier molecular flexibility index (Phi) is 24.3. The molecule has 538 valence electrons. The fourth-order valence-corrected chi connectivity index (χ4v) is 10.5. The molecule has 0 spiro atoms. The fourth-order valence-electron chi connectivity index (χ4n) is 10.5. The van der Waals surface area contributed by atoms with Crippen molar-refractivity contribution < 1.29 is 23.3 Å². The van der Waals surface area contributed by atoms with Crippen molar-refractivity contribution in [1.82, 2.24) is 79.2 Å². The third kappa shape index (κ3) is 18.3. The number of aromatic nitrogens is 16. The number of nitrogens with two attached hydrogens (primary N) is 3. The maximum atomic E-state index is 15.2. The normalized spacial score (nSPS) is 10.7. The van der Waals surface area contributed by atoms with Crippen LogP contribution >= 0.6 is 0 Å². The van der Waals surface area contributed by atoms with Crippen molar-refractivity contribution in [2.75, 3.05) is 99.2 Å². The molecule has 104 heavy (non-hydrogen) atoms. The summed E-state index contributed by atoms with van der Waals surface area (Å²) in [5.74, 6) is 6.73. The molecule has 9 heterocycles. The average Bonchev–Trinajstić information content (AvgIpc) is 1.42. The zero-order valence-electron chi connectivity index (χ0n) is 59.9. The standard InChI is InChI=1S/C21H22N6O.C17H20FN7O.2C17H21N7O/c1-12-10-23-18-9-17(24-11-16(12)18)15-8-14(5-6-19(15)28-4)26-21-25-13(2)7-20(22-3)27-21;1-10-6-14(20-2)24-17(22-10)23-12-4-5-13(26-3)16(15(12)18)25-9-11(7-19)8-21-25;2*1-11-6-16(19-2)23-17(21-11)22-13-4-5-15(25-3)14(7-13)24-10-12(8-18)9-20-24/h5-11,23H,1-4H3,(H2,22,25,26,27);4-6,8-9H,7,19H2,1-3H3,(H2,20,22,23,24);2*4-7,9-10H,8,18H2,1-3H3,(H2,19,21,22,23). The molecular formula is C72H84FN27O4. The van der Waals surface area contributed by atoms with Crippen molar-refractivity contribution in [3.63, 3.8) is 0 Å². The number of ether oxygens (including phenoxy) is 4. The summed E-state index contributed by atoms with van der Waals surface area (Å²) in [6.45, 7) is 10.9. The van der Waals surface area contributed by atoms with Gasteiger partial charge in [-0.05, 0) is 113 Å². The number of H-pyrrole nitrogens is 1. The second-order valence-corrected chi connectivity index (χ2v) is 23.1. The smallest absolute Gasteiger partial charge is 0.229 e. The van der Waals surface area contributed by atoms with Crippen LogP contribution in [0.4, 0.5) is 74.2 Å². The summed E-state index contributed by atoms with van der Waals surface area (Å²) in [6, 6.07) is 29.9. The number of benzene rings is 4. The van der Waals surface area contributed by atoms with E-state index in [-0.39, 0.29) is 17.3 Å². The van der Waals surface area contributed by atoms with Crippen molar-refractivity contribution >= 4 is 80.7 Å². The summed E-state index contributed by atoms with van der Waals surface area (Å²) < 4.78 is 41.8. The van der Waals surface area contributed by atoms with Crippen molar-refractivity contribution in [3.05, 3.63) is 197 Å².